The lowest BCUT2D eigenvalue weighted by Gasteiger charge is -2.41. The van der Waals surface area contributed by atoms with Gasteiger partial charge in [0.05, 0.1) is 9.64 Å². The van der Waals surface area contributed by atoms with Crippen LogP contribution in [-0.2, 0) is 22.8 Å². The molecule has 152 valence electrons. The number of fused-ring (bicyclic) bond motifs is 3. The lowest BCUT2D eigenvalue weighted by molar-refractivity contribution is 0.229. The molecular weight excluding hydrogens is 380 g/mol. The third-order valence-electron chi connectivity index (χ3n) is 6.96. The van der Waals surface area contributed by atoms with Crippen molar-refractivity contribution in [1.29, 1.82) is 0 Å². The van der Waals surface area contributed by atoms with Gasteiger partial charge in [0.2, 0.25) is 0 Å². The molecule has 0 spiro atoms. The van der Waals surface area contributed by atoms with Gasteiger partial charge in [0.15, 0.2) is 9.84 Å². The summed E-state index contributed by atoms with van der Waals surface area (Å²) in [6, 6.07) is 17.6. The molecule has 2 aromatic carbocycles. The van der Waals surface area contributed by atoms with Crippen LogP contribution in [0.5, 0.6) is 0 Å². The van der Waals surface area contributed by atoms with Crippen molar-refractivity contribution in [2.45, 2.75) is 54.7 Å². The summed E-state index contributed by atoms with van der Waals surface area (Å²) in [6.45, 7) is 2.94. The minimum absolute atomic E-state index is 0.486. The number of aromatic nitrogens is 1. The van der Waals surface area contributed by atoms with Gasteiger partial charge in [0.1, 0.15) is 0 Å². The van der Waals surface area contributed by atoms with Gasteiger partial charge in [-0.05, 0) is 62.4 Å². The molecule has 1 saturated carbocycles. The van der Waals surface area contributed by atoms with E-state index in [-0.39, 0.29) is 0 Å². The molecule has 0 amide bonds. The number of H-pyrrole nitrogens is 1. The van der Waals surface area contributed by atoms with Crippen LogP contribution >= 0.6 is 0 Å². The molecule has 1 fully saturated rings. The van der Waals surface area contributed by atoms with E-state index in [0.717, 1.165) is 58.2 Å². The average Bonchev–Trinajstić information content (AvgIpc) is 3.08. The van der Waals surface area contributed by atoms with Crippen molar-refractivity contribution in [1.82, 2.24) is 9.88 Å². The molecule has 2 aliphatic rings. The maximum atomic E-state index is 13.3. The number of hydrogen-bond donors (Lipinski definition) is 1. The second-order valence-corrected chi connectivity index (χ2v) is 11.0. The summed E-state index contributed by atoms with van der Waals surface area (Å²) in [4.78, 5) is 6.54. The Morgan fingerprint density at radius 2 is 1.76 bits per heavy atom. The Morgan fingerprint density at radius 3 is 2.52 bits per heavy atom. The third-order valence-corrected chi connectivity index (χ3v) is 9.60. The summed E-state index contributed by atoms with van der Waals surface area (Å²) >= 11 is 0. The summed E-state index contributed by atoms with van der Waals surface area (Å²) in [5, 5.41) is 1.35. The fourth-order valence-electron chi connectivity index (χ4n) is 5.14. The zero-order valence-corrected chi connectivity index (χ0v) is 17.5. The van der Waals surface area contributed by atoms with E-state index in [1.165, 1.54) is 22.2 Å². The van der Waals surface area contributed by atoms with Crippen LogP contribution < -0.4 is 0 Å². The molecule has 4 nitrogen and oxygen atoms in total. The summed E-state index contributed by atoms with van der Waals surface area (Å²) in [5.74, 6) is 0. The van der Waals surface area contributed by atoms with Crippen LogP contribution in [0.15, 0.2) is 59.5 Å². The largest absolute Gasteiger partial charge is 0.357 e. The van der Waals surface area contributed by atoms with Crippen LogP contribution in [0.25, 0.3) is 10.9 Å². The summed E-state index contributed by atoms with van der Waals surface area (Å²) in [5.41, 5.74) is 4.01. The quantitative estimate of drug-likeness (QED) is 0.643. The maximum absolute atomic E-state index is 13.3. The molecule has 1 N–H and O–H groups in total. The van der Waals surface area contributed by atoms with Crippen molar-refractivity contribution >= 4 is 20.7 Å². The van der Waals surface area contributed by atoms with Gasteiger partial charge in [0, 0.05) is 29.7 Å². The van der Waals surface area contributed by atoms with Crippen LogP contribution in [-0.4, -0.2) is 36.1 Å². The molecule has 5 heteroatoms. The fourth-order valence-corrected chi connectivity index (χ4v) is 7.39. The molecule has 29 heavy (non-hydrogen) atoms. The highest BCUT2D eigenvalue weighted by molar-refractivity contribution is 7.93. The highest BCUT2D eigenvalue weighted by Crippen LogP contribution is 2.46. The number of benzene rings is 2. The Balaban J connectivity index is 1.25. The minimum Gasteiger partial charge on any atom is -0.357 e. The van der Waals surface area contributed by atoms with Crippen LogP contribution in [0, 0.1) is 0 Å². The number of para-hydroxylation sites is 1. The van der Waals surface area contributed by atoms with E-state index in [4.69, 9.17) is 0 Å². The second kappa shape index (κ2) is 7.29. The fraction of sp³-hybridized carbons (Fsp3) is 0.417. The highest BCUT2D eigenvalue weighted by Gasteiger charge is 2.48. The number of sulfone groups is 1. The molecule has 0 radical (unpaired) electrons. The molecule has 0 unspecified atom stereocenters. The molecule has 1 aliphatic heterocycles. The molecule has 0 saturated heterocycles. The van der Waals surface area contributed by atoms with Crippen molar-refractivity contribution in [3.63, 3.8) is 0 Å². The Labute approximate surface area is 172 Å². The predicted molar refractivity (Wildman–Crippen MR) is 117 cm³/mol. The van der Waals surface area contributed by atoms with Gasteiger partial charge in [-0.2, -0.15) is 0 Å². The van der Waals surface area contributed by atoms with Crippen LogP contribution in [0.4, 0.5) is 0 Å². The Kier molecular flexibility index (Phi) is 4.75. The number of nitrogens with zero attached hydrogens (tertiary/aromatic N) is 1. The number of aromatic amines is 1. The van der Waals surface area contributed by atoms with E-state index in [0.29, 0.717) is 4.90 Å². The normalized spacial score (nSPS) is 19.0. The molecule has 2 heterocycles. The van der Waals surface area contributed by atoms with Crippen molar-refractivity contribution in [2.75, 3.05) is 13.1 Å². The first kappa shape index (κ1) is 18.9. The summed E-state index contributed by atoms with van der Waals surface area (Å²) < 4.78 is 26.0. The van der Waals surface area contributed by atoms with Gasteiger partial charge in [-0.3, -0.25) is 4.90 Å². The zero-order valence-electron chi connectivity index (χ0n) is 16.7. The minimum atomic E-state index is -3.26. The van der Waals surface area contributed by atoms with Crippen LogP contribution in [0.1, 0.15) is 43.4 Å². The van der Waals surface area contributed by atoms with Gasteiger partial charge in [-0.1, -0.05) is 42.8 Å². The molecular formula is C24H28N2O2S. The topological polar surface area (TPSA) is 53.2 Å². The molecule has 3 aromatic rings. The van der Waals surface area contributed by atoms with E-state index in [9.17, 15) is 8.42 Å². The Hall–Kier alpha value is -2.11. The molecule has 0 bridgehead atoms. The zero-order chi connectivity index (χ0) is 19.9. The van der Waals surface area contributed by atoms with E-state index >= 15 is 0 Å². The maximum Gasteiger partial charge on any atom is 0.184 e. The van der Waals surface area contributed by atoms with E-state index in [1.54, 1.807) is 12.1 Å². The monoisotopic (exact) mass is 408 g/mol. The SMILES string of the molecule is O=S(=O)(c1ccccc1)C1(CCCN2CCc3c([nH]c4ccccc34)C2)CCC1. The smallest absolute Gasteiger partial charge is 0.184 e. The first-order valence-electron chi connectivity index (χ1n) is 10.7. The van der Waals surface area contributed by atoms with Crippen molar-refractivity contribution in [2.24, 2.45) is 0 Å². The van der Waals surface area contributed by atoms with Crippen molar-refractivity contribution < 1.29 is 8.42 Å². The Morgan fingerprint density at radius 1 is 1.00 bits per heavy atom. The van der Waals surface area contributed by atoms with Gasteiger partial charge < -0.3 is 4.98 Å². The lowest BCUT2D eigenvalue weighted by atomic mass is 9.81. The lowest BCUT2D eigenvalue weighted by Crippen LogP contribution is -2.45. The van der Waals surface area contributed by atoms with Gasteiger partial charge >= 0.3 is 0 Å². The standard InChI is InChI=1S/C24H28N2O2S/c27-29(28,19-8-2-1-3-9-19)24(13-6-14-24)15-7-16-26-17-12-21-20-10-4-5-11-22(20)25-23(21)18-26/h1-5,8-11,25H,6-7,12-18H2. The molecule has 1 aliphatic carbocycles. The first-order valence-corrected chi connectivity index (χ1v) is 12.2. The number of rotatable bonds is 6. The predicted octanol–water partition coefficient (Wildman–Crippen LogP) is 4.70. The highest BCUT2D eigenvalue weighted by atomic mass is 32.2. The van der Waals surface area contributed by atoms with E-state index in [1.807, 2.05) is 18.2 Å². The van der Waals surface area contributed by atoms with Crippen molar-refractivity contribution in [3.8, 4) is 0 Å². The van der Waals surface area contributed by atoms with Gasteiger partial charge in [0.25, 0.3) is 0 Å². The summed E-state index contributed by atoms with van der Waals surface area (Å²) in [7, 11) is -3.26. The van der Waals surface area contributed by atoms with Crippen molar-refractivity contribution in [3.05, 3.63) is 65.9 Å². The van der Waals surface area contributed by atoms with E-state index in [2.05, 4.69) is 34.1 Å². The van der Waals surface area contributed by atoms with Gasteiger partial charge in [-0.25, -0.2) is 8.42 Å². The summed E-state index contributed by atoms with van der Waals surface area (Å²) in [6.07, 6.45) is 5.38. The first-order chi connectivity index (χ1) is 14.1. The van der Waals surface area contributed by atoms with Crippen LogP contribution in [0.2, 0.25) is 0 Å². The molecule has 5 rings (SSSR count). The average molecular weight is 409 g/mol. The number of hydrogen-bond acceptors (Lipinski definition) is 3. The van der Waals surface area contributed by atoms with E-state index < -0.39 is 14.6 Å². The van der Waals surface area contributed by atoms with Crippen LogP contribution in [0.3, 0.4) is 0 Å². The molecule has 0 atom stereocenters. The molecule has 1 aromatic heterocycles. The third kappa shape index (κ3) is 3.21. The number of nitrogens with one attached hydrogen (secondary N) is 1. The Bertz CT molecular complexity index is 1110. The van der Waals surface area contributed by atoms with Gasteiger partial charge in [-0.15, -0.1) is 0 Å². The second-order valence-electron chi connectivity index (χ2n) is 8.61.